The van der Waals surface area contributed by atoms with Crippen molar-refractivity contribution in [2.45, 2.75) is 13.2 Å². The zero-order valence-corrected chi connectivity index (χ0v) is 9.21. The van der Waals surface area contributed by atoms with Crippen LogP contribution in [-0.2, 0) is 0 Å². The summed E-state index contributed by atoms with van der Waals surface area (Å²) in [6.07, 6.45) is 11.9. The summed E-state index contributed by atoms with van der Waals surface area (Å²) in [5.41, 5.74) is 0. The van der Waals surface area contributed by atoms with Crippen molar-refractivity contribution < 1.29 is 4.74 Å². The normalized spacial score (nSPS) is 15.9. The Kier molecular flexibility index (Phi) is 3.44. The summed E-state index contributed by atoms with van der Waals surface area (Å²) in [4.78, 5) is 2.01. The number of allylic oxidation sites excluding steroid dienone is 4. The molecule has 2 rings (SSSR count). The number of rotatable bonds is 3. The molecule has 1 aromatic rings. The van der Waals surface area contributed by atoms with Crippen LogP contribution in [0.2, 0.25) is 0 Å². The van der Waals surface area contributed by atoms with Crippen molar-refractivity contribution in [1.82, 2.24) is 4.90 Å². The topological polar surface area (TPSA) is 12.5 Å². The molecule has 0 saturated heterocycles. The molecule has 1 aliphatic heterocycles. The highest BCUT2D eigenvalue weighted by molar-refractivity contribution is 5.21. The Labute approximate surface area is 96.1 Å². The van der Waals surface area contributed by atoms with Gasteiger partial charge in [-0.1, -0.05) is 24.3 Å². The monoisotopic (exact) mass is 212 g/mol. The van der Waals surface area contributed by atoms with E-state index in [2.05, 4.69) is 6.07 Å². The minimum atomic E-state index is -0.0326. The Morgan fingerprint density at radius 3 is 2.31 bits per heavy atom. The molecule has 16 heavy (non-hydrogen) atoms. The lowest BCUT2D eigenvalue weighted by atomic mass is 10.3. The van der Waals surface area contributed by atoms with Crippen molar-refractivity contribution in [3.05, 3.63) is 67.0 Å². The molecule has 1 radical (unpaired) electrons. The van der Waals surface area contributed by atoms with E-state index in [9.17, 15) is 0 Å². The van der Waals surface area contributed by atoms with Crippen LogP contribution >= 0.6 is 0 Å². The predicted octanol–water partition coefficient (Wildman–Crippen LogP) is 3.11. The second kappa shape index (κ2) is 5.21. The molecule has 1 aliphatic rings. The lowest BCUT2D eigenvalue weighted by Gasteiger charge is -2.24. The highest BCUT2D eigenvalue weighted by atomic mass is 16.5. The molecular weight excluding hydrogens is 198 g/mol. The van der Waals surface area contributed by atoms with Crippen molar-refractivity contribution in [2.75, 3.05) is 0 Å². The molecule has 0 fully saturated rings. The first-order valence-corrected chi connectivity index (χ1v) is 5.28. The van der Waals surface area contributed by atoms with Crippen LogP contribution in [0.15, 0.2) is 61.0 Å². The van der Waals surface area contributed by atoms with Crippen LogP contribution in [0.25, 0.3) is 0 Å². The van der Waals surface area contributed by atoms with Crippen molar-refractivity contribution in [3.63, 3.8) is 0 Å². The highest BCUT2D eigenvalue weighted by Gasteiger charge is 2.08. The Hall–Kier alpha value is -1.96. The fourth-order valence-corrected chi connectivity index (χ4v) is 1.43. The predicted molar refractivity (Wildman–Crippen MR) is 64.6 cm³/mol. The third-order valence-electron chi connectivity index (χ3n) is 2.26. The van der Waals surface area contributed by atoms with E-state index in [1.165, 1.54) is 0 Å². The first kappa shape index (κ1) is 10.6. The van der Waals surface area contributed by atoms with E-state index < -0.39 is 0 Å². The summed E-state index contributed by atoms with van der Waals surface area (Å²) < 4.78 is 5.78. The Bertz CT molecular complexity index is 390. The SMILES string of the molecule is CC(Oc1cc[c]cc1)N1C=CC=CC=C1. The lowest BCUT2D eigenvalue weighted by Crippen LogP contribution is -2.28. The van der Waals surface area contributed by atoms with Gasteiger partial charge in [-0.25, -0.2) is 0 Å². The van der Waals surface area contributed by atoms with E-state index in [-0.39, 0.29) is 6.23 Å². The van der Waals surface area contributed by atoms with Gasteiger partial charge in [-0.3, -0.25) is 0 Å². The van der Waals surface area contributed by atoms with E-state index >= 15 is 0 Å². The van der Waals surface area contributed by atoms with Crippen molar-refractivity contribution in [1.29, 1.82) is 0 Å². The molecule has 2 heteroatoms. The Balaban J connectivity index is 2.00. The Morgan fingerprint density at radius 2 is 1.69 bits per heavy atom. The van der Waals surface area contributed by atoms with Gasteiger partial charge in [0, 0.05) is 12.4 Å². The zero-order valence-electron chi connectivity index (χ0n) is 9.21. The molecule has 1 heterocycles. The molecule has 0 aromatic heterocycles. The molecule has 0 spiro atoms. The van der Waals surface area contributed by atoms with Crippen LogP contribution in [0, 0.1) is 6.07 Å². The lowest BCUT2D eigenvalue weighted by molar-refractivity contribution is 0.112. The molecule has 0 bridgehead atoms. The number of hydrogen-bond donors (Lipinski definition) is 0. The largest absolute Gasteiger partial charge is 0.471 e. The number of hydrogen-bond acceptors (Lipinski definition) is 2. The van der Waals surface area contributed by atoms with E-state index in [1.54, 1.807) is 0 Å². The molecular formula is C14H14NO. The fraction of sp³-hybridized carbons (Fsp3) is 0.143. The van der Waals surface area contributed by atoms with E-state index in [1.807, 2.05) is 72.8 Å². The van der Waals surface area contributed by atoms with Crippen molar-refractivity contribution in [2.24, 2.45) is 0 Å². The number of benzene rings is 1. The summed E-state index contributed by atoms with van der Waals surface area (Å²) in [6, 6.07) is 10.5. The van der Waals surface area contributed by atoms with Gasteiger partial charge in [0.15, 0.2) is 6.23 Å². The molecule has 1 aromatic carbocycles. The molecule has 0 saturated carbocycles. The van der Waals surface area contributed by atoms with Crippen LogP contribution in [-0.4, -0.2) is 11.1 Å². The maximum absolute atomic E-state index is 5.78. The summed E-state index contributed by atoms with van der Waals surface area (Å²) in [7, 11) is 0. The fourth-order valence-electron chi connectivity index (χ4n) is 1.43. The van der Waals surface area contributed by atoms with Crippen molar-refractivity contribution in [3.8, 4) is 5.75 Å². The molecule has 0 aliphatic carbocycles. The van der Waals surface area contributed by atoms with Crippen molar-refractivity contribution >= 4 is 0 Å². The summed E-state index contributed by atoms with van der Waals surface area (Å²) >= 11 is 0. The third-order valence-corrected chi connectivity index (χ3v) is 2.26. The average molecular weight is 212 g/mol. The molecule has 0 N–H and O–H groups in total. The maximum atomic E-state index is 5.78. The van der Waals surface area contributed by atoms with Gasteiger partial charge in [0.1, 0.15) is 5.75 Å². The van der Waals surface area contributed by atoms with E-state index in [0.717, 1.165) is 5.75 Å². The third kappa shape index (κ3) is 2.76. The van der Waals surface area contributed by atoms with Crippen LogP contribution in [0.5, 0.6) is 5.75 Å². The molecule has 81 valence electrons. The second-order valence-corrected chi connectivity index (χ2v) is 3.47. The van der Waals surface area contributed by atoms with Gasteiger partial charge in [0.05, 0.1) is 0 Å². The summed E-state index contributed by atoms with van der Waals surface area (Å²) in [5, 5.41) is 0. The minimum absolute atomic E-state index is 0.0326. The first-order chi connectivity index (χ1) is 7.86. The van der Waals surface area contributed by atoms with Gasteiger partial charge >= 0.3 is 0 Å². The van der Waals surface area contributed by atoms with Gasteiger partial charge in [0.2, 0.25) is 0 Å². The van der Waals surface area contributed by atoms with Crippen LogP contribution in [0.1, 0.15) is 6.92 Å². The van der Waals surface area contributed by atoms with Crippen LogP contribution < -0.4 is 4.74 Å². The smallest absolute Gasteiger partial charge is 0.172 e. The van der Waals surface area contributed by atoms with Gasteiger partial charge in [-0.2, -0.15) is 0 Å². The maximum Gasteiger partial charge on any atom is 0.172 e. The quantitative estimate of drug-likeness (QED) is 0.763. The summed E-state index contributed by atoms with van der Waals surface area (Å²) in [5.74, 6) is 0.852. The summed E-state index contributed by atoms with van der Waals surface area (Å²) in [6.45, 7) is 2.01. The highest BCUT2D eigenvalue weighted by Crippen LogP contribution is 2.13. The van der Waals surface area contributed by atoms with Crippen LogP contribution in [0.3, 0.4) is 0 Å². The second-order valence-electron chi connectivity index (χ2n) is 3.47. The zero-order chi connectivity index (χ0) is 11.2. The minimum Gasteiger partial charge on any atom is -0.471 e. The standard InChI is InChI=1S/C14H14NO/c1-13(15-11-7-2-3-8-12-15)16-14-9-5-4-6-10-14/h2-3,5-13H,1H3. The van der Waals surface area contributed by atoms with E-state index in [0.29, 0.717) is 0 Å². The Morgan fingerprint density at radius 1 is 1.06 bits per heavy atom. The molecule has 2 nitrogen and oxygen atoms in total. The first-order valence-electron chi connectivity index (χ1n) is 5.28. The number of nitrogens with zero attached hydrogens (tertiary/aromatic N) is 1. The van der Waals surface area contributed by atoms with Gasteiger partial charge in [-0.05, 0) is 37.3 Å². The van der Waals surface area contributed by atoms with Crippen LogP contribution in [0.4, 0.5) is 0 Å². The average Bonchev–Trinajstić information content (AvgIpc) is 2.59. The molecule has 1 atom stereocenters. The number of ether oxygens (including phenoxy) is 1. The molecule has 0 amide bonds. The molecule has 1 unspecified atom stereocenters. The van der Waals surface area contributed by atoms with Gasteiger partial charge < -0.3 is 9.64 Å². The van der Waals surface area contributed by atoms with Gasteiger partial charge in [-0.15, -0.1) is 0 Å². The van der Waals surface area contributed by atoms with Gasteiger partial charge in [0.25, 0.3) is 0 Å². The van der Waals surface area contributed by atoms with E-state index in [4.69, 9.17) is 4.74 Å².